The zero-order valence-corrected chi connectivity index (χ0v) is 21.6. The Bertz CT molecular complexity index is 896. The van der Waals surface area contributed by atoms with Crippen molar-refractivity contribution in [2.75, 3.05) is 26.8 Å². The second kappa shape index (κ2) is 15.4. The van der Waals surface area contributed by atoms with Crippen LogP contribution < -0.4 is 9.47 Å². The third-order valence-corrected chi connectivity index (χ3v) is 5.43. The number of hydrogen-bond acceptors (Lipinski definition) is 8. The van der Waals surface area contributed by atoms with Crippen LogP contribution in [0.5, 0.6) is 11.5 Å². The molecule has 0 N–H and O–H groups in total. The van der Waals surface area contributed by atoms with Crippen molar-refractivity contribution in [3.8, 4) is 11.5 Å². The Hall–Kier alpha value is -2.55. The zero-order valence-electron chi connectivity index (χ0n) is 20.8. The van der Waals surface area contributed by atoms with Gasteiger partial charge in [0.1, 0.15) is 29.3 Å². The number of benzene rings is 1. The van der Waals surface area contributed by atoms with Gasteiger partial charge in [-0.15, -0.1) is 0 Å². The fourth-order valence-corrected chi connectivity index (χ4v) is 3.65. The number of rotatable bonds is 9. The molecule has 0 radical (unpaired) electrons. The van der Waals surface area contributed by atoms with Crippen LogP contribution in [0.15, 0.2) is 30.4 Å². The van der Waals surface area contributed by atoms with E-state index in [2.05, 4.69) is 0 Å². The summed E-state index contributed by atoms with van der Waals surface area (Å²) in [5, 5.41) is 0.186. The molecule has 0 fully saturated rings. The van der Waals surface area contributed by atoms with Gasteiger partial charge in [0.15, 0.2) is 13.6 Å². The van der Waals surface area contributed by atoms with E-state index in [9.17, 15) is 9.59 Å². The lowest BCUT2D eigenvalue weighted by atomic mass is 9.98. The van der Waals surface area contributed by atoms with E-state index < -0.39 is 18.0 Å². The summed E-state index contributed by atoms with van der Waals surface area (Å²) in [4.78, 5) is 25.2. The highest BCUT2D eigenvalue weighted by atomic mass is 35.5. The molecule has 0 aromatic heterocycles. The SMILES string of the molecule is CCOCOc1cc(OCOCC)c2c(c1Cl)CC(OC(C)=O)/C=C/CC/C=C/C[C@@H](C)OC2=O. The van der Waals surface area contributed by atoms with Crippen molar-refractivity contribution < 1.29 is 38.0 Å². The van der Waals surface area contributed by atoms with Crippen LogP contribution >= 0.6 is 11.6 Å². The summed E-state index contributed by atoms with van der Waals surface area (Å²) in [5.74, 6) is -0.602. The van der Waals surface area contributed by atoms with Gasteiger partial charge in [-0.25, -0.2) is 4.79 Å². The van der Waals surface area contributed by atoms with Gasteiger partial charge in [-0.1, -0.05) is 29.8 Å². The molecule has 194 valence electrons. The largest absolute Gasteiger partial charge is 0.466 e. The smallest absolute Gasteiger partial charge is 0.342 e. The van der Waals surface area contributed by atoms with Gasteiger partial charge in [-0.05, 0) is 45.3 Å². The number of fused-ring (bicyclic) bond motifs is 1. The predicted molar refractivity (Wildman–Crippen MR) is 132 cm³/mol. The number of carbonyl (C=O) groups is 2. The molecule has 0 spiro atoms. The molecule has 1 heterocycles. The van der Waals surface area contributed by atoms with E-state index in [0.29, 0.717) is 25.2 Å². The molecule has 8 nitrogen and oxygen atoms in total. The van der Waals surface area contributed by atoms with E-state index in [1.54, 1.807) is 6.08 Å². The van der Waals surface area contributed by atoms with Gasteiger partial charge in [0.05, 0.1) is 5.02 Å². The Morgan fingerprint density at radius 1 is 1.06 bits per heavy atom. The molecule has 1 aromatic rings. The van der Waals surface area contributed by atoms with Gasteiger partial charge >= 0.3 is 11.9 Å². The Balaban J connectivity index is 2.62. The van der Waals surface area contributed by atoms with E-state index in [1.807, 2.05) is 39.0 Å². The summed E-state index contributed by atoms with van der Waals surface area (Å²) < 4.78 is 33.4. The standard InChI is InChI=1S/C26H35ClO8/c1-5-30-16-32-22-15-23(33-17-31-6-2)25(27)21-14-20(35-19(4)28)13-11-9-7-8-10-12-18(3)34-26(29)24(21)22/h8,10-11,13,15,18,20H,5-7,9,12,14,16-17H2,1-4H3/b10-8+,13-11+/t18-,20?/m1/s1. The molecular weight excluding hydrogens is 476 g/mol. The number of ether oxygens (including phenoxy) is 6. The topological polar surface area (TPSA) is 89.5 Å². The molecular formula is C26H35ClO8. The maximum atomic E-state index is 13.4. The van der Waals surface area contributed by atoms with Crippen molar-refractivity contribution in [3.63, 3.8) is 0 Å². The summed E-state index contributed by atoms with van der Waals surface area (Å²) in [6.07, 6.45) is 8.97. The predicted octanol–water partition coefficient (Wildman–Crippen LogP) is 5.40. The lowest BCUT2D eigenvalue weighted by molar-refractivity contribution is -0.144. The summed E-state index contributed by atoms with van der Waals surface area (Å²) in [6, 6.07) is 1.52. The molecule has 1 aliphatic heterocycles. The van der Waals surface area contributed by atoms with Gasteiger partial charge < -0.3 is 28.4 Å². The van der Waals surface area contributed by atoms with Crippen molar-refractivity contribution in [1.82, 2.24) is 0 Å². The summed E-state index contributed by atoms with van der Waals surface area (Å²) in [7, 11) is 0. The third kappa shape index (κ3) is 9.55. The number of allylic oxidation sites excluding steroid dienone is 2. The molecule has 1 aliphatic rings. The number of halogens is 1. The molecule has 1 aromatic carbocycles. The van der Waals surface area contributed by atoms with E-state index >= 15 is 0 Å². The van der Waals surface area contributed by atoms with E-state index in [1.165, 1.54) is 13.0 Å². The Kier molecular flexibility index (Phi) is 12.7. The van der Waals surface area contributed by atoms with Crippen molar-refractivity contribution >= 4 is 23.5 Å². The summed E-state index contributed by atoms with van der Waals surface area (Å²) in [6.45, 7) is 7.57. The fourth-order valence-electron chi connectivity index (χ4n) is 3.37. The molecule has 9 heteroatoms. The minimum absolute atomic E-state index is 0.0407. The Labute approximate surface area is 212 Å². The van der Waals surface area contributed by atoms with E-state index in [-0.39, 0.29) is 48.2 Å². The quantitative estimate of drug-likeness (QED) is 0.189. The third-order valence-electron chi connectivity index (χ3n) is 5.02. The maximum Gasteiger partial charge on any atom is 0.342 e. The van der Waals surface area contributed by atoms with Crippen LogP contribution in [0.4, 0.5) is 0 Å². The molecule has 0 aliphatic carbocycles. The van der Waals surface area contributed by atoms with Crippen molar-refractivity contribution in [3.05, 3.63) is 46.5 Å². The van der Waals surface area contributed by atoms with Crippen LogP contribution in [0.2, 0.25) is 5.02 Å². The number of hydrogen-bond donors (Lipinski definition) is 0. The van der Waals surface area contributed by atoms with Crippen LogP contribution in [0, 0.1) is 0 Å². The minimum Gasteiger partial charge on any atom is -0.466 e. The van der Waals surface area contributed by atoms with E-state index in [4.69, 9.17) is 40.0 Å². The van der Waals surface area contributed by atoms with Crippen LogP contribution in [0.1, 0.15) is 62.9 Å². The highest BCUT2D eigenvalue weighted by molar-refractivity contribution is 6.33. The zero-order chi connectivity index (χ0) is 25.6. The first-order valence-electron chi connectivity index (χ1n) is 11.8. The molecule has 0 bridgehead atoms. The Morgan fingerprint density at radius 2 is 1.71 bits per heavy atom. The second-order valence-corrected chi connectivity index (χ2v) is 8.21. The lowest BCUT2D eigenvalue weighted by Crippen LogP contribution is -2.22. The summed E-state index contributed by atoms with van der Waals surface area (Å²) >= 11 is 6.74. The average molecular weight is 511 g/mol. The summed E-state index contributed by atoms with van der Waals surface area (Å²) in [5.41, 5.74) is 0.518. The number of esters is 2. The van der Waals surface area contributed by atoms with Gasteiger partial charge in [0, 0.05) is 39.0 Å². The molecule has 0 saturated carbocycles. The molecule has 0 amide bonds. The normalized spacial score (nSPS) is 20.7. The molecule has 1 unspecified atom stereocenters. The van der Waals surface area contributed by atoms with Crippen LogP contribution in [-0.2, 0) is 30.2 Å². The fraction of sp³-hybridized carbons (Fsp3) is 0.538. The van der Waals surface area contributed by atoms with Crippen LogP contribution in [-0.4, -0.2) is 50.9 Å². The van der Waals surface area contributed by atoms with Crippen LogP contribution in [0.25, 0.3) is 0 Å². The van der Waals surface area contributed by atoms with Gasteiger partial charge in [0.2, 0.25) is 0 Å². The number of cyclic esters (lactones) is 1. The molecule has 35 heavy (non-hydrogen) atoms. The van der Waals surface area contributed by atoms with Crippen LogP contribution in [0.3, 0.4) is 0 Å². The Morgan fingerprint density at radius 3 is 2.37 bits per heavy atom. The minimum atomic E-state index is -0.664. The maximum absolute atomic E-state index is 13.4. The second-order valence-electron chi connectivity index (χ2n) is 7.83. The highest BCUT2D eigenvalue weighted by Gasteiger charge is 2.28. The first-order valence-corrected chi connectivity index (χ1v) is 12.2. The van der Waals surface area contributed by atoms with Gasteiger partial charge in [-0.2, -0.15) is 0 Å². The monoisotopic (exact) mass is 510 g/mol. The van der Waals surface area contributed by atoms with Gasteiger partial charge in [0.25, 0.3) is 0 Å². The van der Waals surface area contributed by atoms with Gasteiger partial charge in [-0.3, -0.25) is 4.79 Å². The number of carbonyl (C=O) groups excluding carboxylic acids is 2. The first-order chi connectivity index (χ1) is 16.9. The van der Waals surface area contributed by atoms with Crippen molar-refractivity contribution in [2.45, 2.75) is 65.6 Å². The lowest BCUT2D eigenvalue weighted by Gasteiger charge is -2.22. The van der Waals surface area contributed by atoms with Crippen molar-refractivity contribution in [1.29, 1.82) is 0 Å². The van der Waals surface area contributed by atoms with E-state index in [0.717, 1.165) is 12.8 Å². The molecule has 2 rings (SSSR count). The molecule has 0 saturated heterocycles. The highest BCUT2D eigenvalue weighted by Crippen LogP contribution is 2.39. The average Bonchev–Trinajstić information content (AvgIpc) is 2.80. The van der Waals surface area contributed by atoms with Crippen molar-refractivity contribution in [2.24, 2.45) is 0 Å². The first kappa shape index (κ1) is 28.7. The molecule has 2 atom stereocenters.